The topological polar surface area (TPSA) is 0 Å². The lowest BCUT2D eigenvalue weighted by Crippen LogP contribution is -1.96. The molecule has 0 nitrogen and oxygen atoms in total. The van der Waals surface area contributed by atoms with Crippen LogP contribution in [0.15, 0.2) is 42.5 Å². The molecule has 1 atom stereocenters. The molecule has 2 aromatic carbocycles. The Morgan fingerprint density at radius 1 is 1.12 bits per heavy atom. The van der Waals surface area contributed by atoms with Gasteiger partial charge in [0.25, 0.3) is 0 Å². The summed E-state index contributed by atoms with van der Waals surface area (Å²) in [7, 11) is 0. The normalized spacial score (nSPS) is 12.5. The second kappa shape index (κ2) is 5.19. The first-order valence-corrected chi connectivity index (χ1v) is 6.53. The molecular weight excluding hydrogens is 303 g/mol. The number of halogens is 3. The molecule has 0 bridgehead atoms. The summed E-state index contributed by atoms with van der Waals surface area (Å²) in [5.41, 5.74) is 3.15. The van der Waals surface area contributed by atoms with Gasteiger partial charge in [-0.1, -0.05) is 51.8 Å². The Morgan fingerprint density at radius 3 is 2.41 bits per heavy atom. The van der Waals surface area contributed by atoms with Crippen LogP contribution in [0.25, 0.3) is 0 Å². The molecule has 0 saturated heterocycles. The Morgan fingerprint density at radius 2 is 1.76 bits per heavy atom. The van der Waals surface area contributed by atoms with Gasteiger partial charge in [-0.15, -0.1) is 0 Å². The van der Waals surface area contributed by atoms with Crippen LogP contribution >= 0.6 is 27.5 Å². The number of rotatable bonds is 2. The van der Waals surface area contributed by atoms with Crippen LogP contribution in [0.3, 0.4) is 0 Å². The Labute approximate surface area is 114 Å². The summed E-state index contributed by atoms with van der Waals surface area (Å²) in [5.74, 6) is -0.226. The van der Waals surface area contributed by atoms with Crippen molar-refractivity contribution in [3.63, 3.8) is 0 Å². The maximum Gasteiger partial charge on any atom is 0.123 e. The molecule has 0 saturated carbocycles. The second-order valence-corrected chi connectivity index (χ2v) is 5.19. The summed E-state index contributed by atoms with van der Waals surface area (Å²) in [6.45, 7) is 1.98. The highest BCUT2D eigenvalue weighted by molar-refractivity contribution is 9.09. The lowest BCUT2D eigenvalue weighted by molar-refractivity contribution is 0.627. The van der Waals surface area contributed by atoms with Crippen molar-refractivity contribution in [3.05, 3.63) is 70.0 Å². The van der Waals surface area contributed by atoms with E-state index in [1.807, 2.05) is 25.1 Å². The van der Waals surface area contributed by atoms with Gasteiger partial charge in [-0.2, -0.15) is 0 Å². The summed E-state index contributed by atoms with van der Waals surface area (Å²) in [6.07, 6.45) is 0. The van der Waals surface area contributed by atoms with Gasteiger partial charge < -0.3 is 0 Å². The van der Waals surface area contributed by atoms with E-state index in [2.05, 4.69) is 15.9 Å². The predicted octanol–water partition coefficient (Wildman–Crippen LogP) is 5.27. The van der Waals surface area contributed by atoms with Gasteiger partial charge in [-0.25, -0.2) is 4.39 Å². The van der Waals surface area contributed by atoms with Crippen LogP contribution in [0, 0.1) is 12.7 Å². The van der Waals surface area contributed by atoms with Gasteiger partial charge in [0.1, 0.15) is 5.82 Å². The van der Waals surface area contributed by atoms with Gasteiger partial charge in [0.05, 0.1) is 4.83 Å². The largest absolute Gasteiger partial charge is 0.207 e. The first kappa shape index (κ1) is 12.6. The van der Waals surface area contributed by atoms with Gasteiger partial charge in [0.15, 0.2) is 0 Å². The van der Waals surface area contributed by atoms with E-state index in [-0.39, 0.29) is 10.6 Å². The molecule has 0 aliphatic heterocycles. The molecule has 17 heavy (non-hydrogen) atoms. The highest BCUT2D eigenvalue weighted by Gasteiger charge is 2.13. The fourth-order valence-electron chi connectivity index (χ4n) is 1.71. The molecule has 0 aliphatic rings. The molecule has 0 aromatic heterocycles. The third-order valence-corrected chi connectivity index (χ3v) is 4.18. The third kappa shape index (κ3) is 2.70. The van der Waals surface area contributed by atoms with Crippen molar-refractivity contribution in [3.8, 4) is 0 Å². The summed E-state index contributed by atoms with van der Waals surface area (Å²) < 4.78 is 12.9. The highest BCUT2D eigenvalue weighted by Crippen LogP contribution is 2.34. The Hall–Kier alpha value is -0.860. The summed E-state index contributed by atoms with van der Waals surface area (Å²) in [6, 6.07) is 12.3. The number of alkyl halides is 1. The summed E-state index contributed by atoms with van der Waals surface area (Å²) in [4.78, 5) is 0.0294. The smallest absolute Gasteiger partial charge is 0.123 e. The number of benzene rings is 2. The van der Waals surface area contributed by atoms with Crippen molar-refractivity contribution in [1.82, 2.24) is 0 Å². The fourth-order valence-corrected chi connectivity index (χ4v) is 2.69. The SMILES string of the molecule is Cc1c(Cl)cccc1C(Br)c1ccc(F)cc1. The van der Waals surface area contributed by atoms with Crippen LogP contribution in [-0.2, 0) is 0 Å². The predicted molar refractivity (Wildman–Crippen MR) is 73.4 cm³/mol. The first-order chi connectivity index (χ1) is 8.09. The van der Waals surface area contributed by atoms with E-state index in [9.17, 15) is 4.39 Å². The average Bonchev–Trinajstić information content (AvgIpc) is 2.33. The number of hydrogen-bond acceptors (Lipinski definition) is 0. The van der Waals surface area contributed by atoms with Gasteiger partial charge in [0, 0.05) is 5.02 Å². The van der Waals surface area contributed by atoms with E-state index in [0.29, 0.717) is 0 Å². The maximum absolute atomic E-state index is 12.9. The molecule has 88 valence electrons. The van der Waals surface area contributed by atoms with Crippen LogP contribution in [0.1, 0.15) is 21.5 Å². The Bertz CT molecular complexity index is 522. The van der Waals surface area contributed by atoms with E-state index in [1.54, 1.807) is 12.1 Å². The summed E-state index contributed by atoms with van der Waals surface area (Å²) >= 11 is 9.71. The Balaban J connectivity index is 2.40. The van der Waals surface area contributed by atoms with Crippen molar-refractivity contribution in [2.75, 3.05) is 0 Å². The minimum Gasteiger partial charge on any atom is -0.207 e. The molecule has 0 N–H and O–H groups in total. The third-order valence-electron chi connectivity index (χ3n) is 2.75. The van der Waals surface area contributed by atoms with Gasteiger partial charge >= 0.3 is 0 Å². The maximum atomic E-state index is 12.9. The molecule has 2 aromatic rings. The van der Waals surface area contributed by atoms with Gasteiger partial charge in [-0.05, 0) is 41.8 Å². The summed E-state index contributed by atoms with van der Waals surface area (Å²) in [5, 5.41) is 0.745. The van der Waals surface area contributed by atoms with Crippen molar-refractivity contribution in [1.29, 1.82) is 0 Å². The van der Waals surface area contributed by atoms with Gasteiger partial charge in [-0.3, -0.25) is 0 Å². The minimum absolute atomic E-state index is 0.0294. The van der Waals surface area contributed by atoms with Crippen molar-refractivity contribution in [2.24, 2.45) is 0 Å². The quantitative estimate of drug-likeness (QED) is 0.662. The molecule has 0 heterocycles. The van der Waals surface area contributed by atoms with Gasteiger partial charge in [0.2, 0.25) is 0 Å². The lowest BCUT2D eigenvalue weighted by atomic mass is 10.0. The molecule has 0 aliphatic carbocycles. The molecule has 0 spiro atoms. The molecule has 2 rings (SSSR count). The zero-order valence-electron chi connectivity index (χ0n) is 9.25. The number of hydrogen-bond donors (Lipinski definition) is 0. The Kier molecular flexibility index (Phi) is 3.85. The van der Waals surface area contributed by atoms with E-state index in [1.165, 1.54) is 12.1 Å². The molecule has 0 radical (unpaired) electrons. The molecule has 0 fully saturated rings. The zero-order chi connectivity index (χ0) is 12.4. The van der Waals surface area contributed by atoms with Crippen LogP contribution < -0.4 is 0 Å². The van der Waals surface area contributed by atoms with E-state index < -0.39 is 0 Å². The van der Waals surface area contributed by atoms with Crippen LogP contribution in [0.4, 0.5) is 4.39 Å². The van der Waals surface area contributed by atoms with Crippen molar-refractivity contribution >= 4 is 27.5 Å². The molecule has 0 amide bonds. The average molecular weight is 314 g/mol. The lowest BCUT2D eigenvalue weighted by Gasteiger charge is -2.14. The fraction of sp³-hybridized carbons (Fsp3) is 0.143. The molecular formula is C14H11BrClF. The zero-order valence-corrected chi connectivity index (χ0v) is 11.6. The van der Waals surface area contributed by atoms with Crippen LogP contribution in [-0.4, -0.2) is 0 Å². The van der Waals surface area contributed by atoms with E-state index in [0.717, 1.165) is 21.7 Å². The van der Waals surface area contributed by atoms with E-state index >= 15 is 0 Å². The van der Waals surface area contributed by atoms with Crippen LogP contribution in [0.2, 0.25) is 5.02 Å². The van der Waals surface area contributed by atoms with Crippen molar-refractivity contribution < 1.29 is 4.39 Å². The second-order valence-electron chi connectivity index (χ2n) is 3.87. The monoisotopic (exact) mass is 312 g/mol. The minimum atomic E-state index is -0.226. The molecule has 3 heteroatoms. The van der Waals surface area contributed by atoms with Crippen LogP contribution in [0.5, 0.6) is 0 Å². The van der Waals surface area contributed by atoms with Crippen molar-refractivity contribution in [2.45, 2.75) is 11.8 Å². The first-order valence-electron chi connectivity index (χ1n) is 5.24. The van der Waals surface area contributed by atoms with E-state index in [4.69, 9.17) is 11.6 Å². The molecule has 1 unspecified atom stereocenters. The highest BCUT2D eigenvalue weighted by atomic mass is 79.9. The standard InChI is InChI=1S/C14H11BrClF/c1-9-12(3-2-4-13(9)16)14(15)10-5-7-11(17)8-6-10/h2-8,14H,1H3.